The summed E-state index contributed by atoms with van der Waals surface area (Å²) in [4.78, 5) is 0. The van der Waals surface area contributed by atoms with Crippen molar-refractivity contribution < 1.29 is 67.5 Å². The second-order valence-electron chi connectivity index (χ2n) is 16.6. The number of allylic oxidation sites excluding steroid dienone is 1. The maximum Gasteiger partial charge on any atom is 0.397 e. The third kappa shape index (κ3) is 7.15. The molecular weight excluding hydrogens is 664 g/mol. The molecule has 4 saturated carbocycles. The van der Waals surface area contributed by atoms with Crippen molar-refractivity contribution >= 4 is 10.4 Å². The van der Waals surface area contributed by atoms with Gasteiger partial charge >= 0.3 is 10.4 Å². The topological polar surface area (TPSA) is 244 Å². The molecule has 9 unspecified atom stereocenters. The minimum atomic E-state index is -4.85. The van der Waals surface area contributed by atoms with Gasteiger partial charge in [0.05, 0.1) is 43.2 Å². The summed E-state index contributed by atoms with van der Waals surface area (Å²) in [6, 6.07) is 0. The molecule has 49 heavy (non-hydrogen) atoms. The molecule has 0 aromatic heterocycles. The lowest BCUT2D eigenvalue weighted by atomic mass is 9.42. The fourth-order valence-electron chi connectivity index (χ4n) is 10.9. The maximum atomic E-state index is 12.5. The van der Waals surface area contributed by atoms with E-state index >= 15 is 0 Å². The molecule has 1 saturated heterocycles. The van der Waals surface area contributed by atoms with E-state index in [1.807, 2.05) is 39.8 Å². The summed E-state index contributed by atoms with van der Waals surface area (Å²) in [5, 5.41) is 88.5. The van der Waals surface area contributed by atoms with Crippen molar-refractivity contribution in [3.8, 4) is 0 Å². The number of aliphatic hydroxyl groups excluding tert-OH is 7. The highest BCUT2D eigenvalue weighted by atomic mass is 32.3. The summed E-state index contributed by atoms with van der Waals surface area (Å²) < 4.78 is 46.5. The van der Waals surface area contributed by atoms with E-state index in [4.69, 9.17) is 14.0 Å². The first kappa shape index (κ1) is 39.4. The van der Waals surface area contributed by atoms with E-state index in [-0.39, 0.29) is 42.6 Å². The van der Waals surface area contributed by atoms with Crippen LogP contribution < -0.4 is 0 Å². The van der Waals surface area contributed by atoms with Crippen LogP contribution in [0.1, 0.15) is 73.1 Å². The highest BCUT2D eigenvalue weighted by molar-refractivity contribution is 7.80. The second-order valence-corrected chi connectivity index (χ2v) is 17.7. The molecule has 1 aliphatic heterocycles. The Balaban J connectivity index is 1.30. The molecule has 0 aromatic rings. The molecular formula is C34H58O14S. The van der Waals surface area contributed by atoms with Gasteiger partial charge in [0.25, 0.3) is 0 Å². The lowest BCUT2D eigenvalue weighted by Gasteiger charge is -2.65. The van der Waals surface area contributed by atoms with Crippen LogP contribution in [0.5, 0.6) is 0 Å². The number of hydrogen-bond donors (Lipinski definition) is 9. The van der Waals surface area contributed by atoms with Gasteiger partial charge in [-0.15, -0.1) is 0 Å². The zero-order valence-corrected chi connectivity index (χ0v) is 29.8. The lowest BCUT2D eigenvalue weighted by Crippen LogP contribution is -2.68. The zero-order valence-electron chi connectivity index (χ0n) is 29.0. The standard InChI is InChI=1S/C34H58O14S/c1-16(2)18(14-46-31-29(41)27(39)25(37)22(48-31)15-47-49(43,44)45)7-6-17(3)24-26(38)28(40)30-33(24,5)11-9-23-32(4)10-8-19(35)12-20(32)21(36)13-34(23,30)42/h6-7,16-31,35-42H,8-15H2,1-5H3,(H,43,44,45)/b7-6+/t17-,18-,19+,20?,21+,22?,23?,24+,25?,26-,27?,28?,29?,30?,31?,32+,33-,34+/m1/s1. The first-order valence-electron chi connectivity index (χ1n) is 17.7. The van der Waals surface area contributed by atoms with Gasteiger partial charge in [0.15, 0.2) is 6.29 Å². The minimum Gasteiger partial charge on any atom is -0.393 e. The Morgan fingerprint density at radius 1 is 0.878 bits per heavy atom. The van der Waals surface area contributed by atoms with Crippen molar-refractivity contribution in [2.45, 2.75) is 134 Å². The van der Waals surface area contributed by atoms with Crippen LogP contribution in [0.25, 0.3) is 0 Å². The van der Waals surface area contributed by atoms with Crippen LogP contribution in [0.2, 0.25) is 0 Å². The highest BCUT2D eigenvalue weighted by Gasteiger charge is 2.72. The highest BCUT2D eigenvalue weighted by Crippen LogP contribution is 2.69. The van der Waals surface area contributed by atoms with Crippen LogP contribution in [0.15, 0.2) is 12.2 Å². The lowest BCUT2D eigenvalue weighted by molar-refractivity contribution is -0.301. The summed E-state index contributed by atoms with van der Waals surface area (Å²) >= 11 is 0. The zero-order chi connectivity index (χ0) is 36.4. The average molecular weight is 723 g/mol. The molecule has 0 amide bonds. The van der Waals surface area contributed by atoms with Gasteiger partial charge in [0.1, 0.15) is 24.4 Å². The van der Waals surface area contributed by atoms with Gasteiger partial charge in [0, 0.05) is 18.3 Å². The van der Waals surface area contributed by atoms with Gasteiger partial charge in [-0.05, 0) is 72.5 Å². The van der Waals surface area contributed by atoms with Crippen LogP contribution >= 0.6 is 0 Å². The molecule has 0 aromatic carbocycles. The van der Waals surface area contributed by atoms with Crippen LogP contribution in [0.4, 0.5) is 0 Å². The summed E-state index contributed by atoms with van der Waals surface area (Å²) in [5.41, 5.74) is -2.44. The number of fused-ring (bicyclic) bond motifs is 5. The molecule has 14 nitrogen and oxygen atoms in total. The van der Waals surface area contributed by atoms with Crippen molar-refractivity contribution in [3.63, 3.8) is 0 Å². The Kier molecular flexibility index (Phi) is 11.4. The molecule has 284 valence electrons. The van der Waals surface area contributed by atoms with E-state index in [0.29, 0.717) is 32.1 Å². The van der Waals surface area contributed by atoms with E-state index in [0.717, 1.165) is 0 Å². The van der Waals surface area contributed by atoms with Gasteiger partial charge in [-0.2, -0.15) is 8.42 Å². The van der Waals surface area contributed by atoms with E-state index in [2.05, 4.69) is 11.1 Å². The van der Waals surface area contributed by atoms with Gasteiger partial charge in [-0.1, -0.05) is 46.8 Å². The van der Waals surface area contributed by atoms with E-state index in [1.54, 1.807) is 0 Å². The fraction of sp³-hybridized carbons (Fsp3) is 0.941. The van der Waals surface area contributed by atoms with Gasteiger partial charge in [-0.25, -0.2) is 4.18 Å². The van der Waals surface area contributed by atoms with Crippen molar-refractivity contribution in [1.82, 2.24) is 0 Å². The first-order valence-corrected chi connectivity index (χ1v) is 19.1. The van der Waals surface area contributed by atoms with E-state index in [9.17, 15) is 49.3 Å². The number of hydrogen-bond acceptors (Lipinski definition) is 13. The third-order valence-electron chi connectivity index (χ3n) is 13.4. The molecule has 0 spiro atoms. The largest absolute Gasteiger partial charge is 0.397 e. The Hall–Kier alpha value is -0.790. The second kappa shape index (κ2) is 14.2. The van der Waals surface area contributed by atoms with Gasteiger partial charge < -0.3 is 50.3 Å². The molecule has 1 heterocycles. The fourth-order valence-corrected chi connectivity index (χ4v) is 11.2. The van der Waals surface area contributed by atoms with Crippen molar-refractivity contribution in [3.05, 3.63) is 12.2 Å². The van der Waals surface area contributed by atoms with E-state index in [1.165, 1.54) is 0 Å². The van der Waals surface area contributed by atoms with Crippen LogP contribution in [-0.4, -0.2) is 128 Å². The summed E-state index contributed by atoms with van der Waals surface area (Å²) in [6.45, 7) is 9.18. The SMILES string of the molecule is CC(C)[C@H](/C=C/[C@@H](C)[C@H]1[C@@H](O)C(O)C2[C@]3(O)C[C@H](O)C4C[C@@H](O)CC[C@]4(C)C3CC[C@@]21C)COC1OC(COS(=O)(=O)O)C(O)C(O)C1O. The molecule has 5 rings (SSSR count). The van der Waals surface area contributed by atoms with Crippen molar-refractivity contribution in [1.29, 1.82) is 0 Å². The van der Waals surface area contributed by atoms with Crippen LogP contribution in [-0.2, 0) is 24.1 Å². The minimum absolute atomic E-state index is 0.000802. The Labute approximate surface area is 289 Å². The number of rotatable bonds is 10. The molecule has 18 atom stereocenters. The van der Waals surface area contributed by atoms with Crippen molar-refractivity contribution in [2.75, 3.05) is 13.2 Å². The summed E-state index contributed by atoms with van der Waals surface area (Å²) in [7, 11) is -4.85. The number of ether oxygens (including phenoxy) is 2. The molecule has 5 fully saturated rings. The van der Waals surface area contributed by atoms with Gasteiger partial charge in [0.2, 0.25) is 0 Å². The smallest absolute Gasteiger partial charge is 0.393 e. The van der Waals surface area contributed by atoms with E-state index < -0.39 is 100 Å². The average Bonchev–Trinajstić information content (AvgIpc) is 3.21. The molecule has 4 aliphatic carbocycles. The Morgan fingerprint density at radius 3 is 2.16 bits per heavy atom. The first-order chi connectivity index (χ1) is 22.7. The monoisotopic (exact) mass is 722 g/mol. The van der Waals surface area contributed by atoms with Gasteiger partial charge in [-0.3, -0.25) is 4.55 Å². The molecule has 9 N–H and O–H groups in total. The quantitative estimate of drug-likeness (QED) is 0.108. The van der Waals surface area contributed by atoms with Crippen molar-refractivity contribution in [2.24, 2.45) is 52.3 Å². The summed E-state index contributed by atoms with van der Waals surface area (Å²) in [5.74, 6) is -1.91. The van der Waals surface area contributed by atoms with Crippen LogP contribution in [0.3, 0.4) is 0 Å². The predicted octanol–water partition coefficient (Wildman–Crippen LogP) is 0.142. The number of aliphatic hydroxyl groups is 8. The molecule has 15 heteroatoms. The summed E-state index contributed by atoms with van der Waals surface area (Å²) in [6.07, 6.45) is -4.53. The maximum absolute atomic E-state index is 12.5. The molecule has 5 aliphatic rings. The third-order valence-corrected chi connectivity index (χ3v) is 13.9. The normalized spacial score (nSPS) is 50.1. The molecule has 0 bridgehead atoms. The predicted molar refractivity (Wildman–Crippen MR) is 174 cm³/mol. The molecule has 0 radical (unpaired) electrons. The Morgan fingerprint density at radius 2 is 1.53 bits per heavy atom. The van der Waals surface area contributed by atoms with Crippen LogP contribution in [0, 0.1) is 52.3 Å². The Bertz CT molecular complexity index is 1300.